The van der Waals surface area contributed by atoms with E-state index < -0.39 is 0 Å². The number of nitrogens with zero attached hydrogens (tertiary/aromatic N) is 2. The van der Waals surface area contributed by atoms with Crippen molar-refractivity contribution in [1.82, 2.24) is 9.55 Å². The minimum Gasteiger partial charge on any atom is -0.354 e. The number of hydrogen-bond acceptors (Lipinski definition) is 2. The zero-order valence-electron chi connectivity index (χ0n) is 31.3. The van der Waals surface area contributed by atoms with Gasteiger partial charge in [0.15, 0.2) is 0 Å². The lowest BCUT2D eigenvalue weighted by atomic mass is 9.92. The molecule has 13 aromatic rings. The molecule has 3 heterocycles. The molecule has 0 atom stereocenters. The van der Waals surface area contributed by atoms with E-state index in [9.17, 15) is 0 Å². The first kappa shape index (κ1) is 31.8. The Morgan fingerprint density at radius 1 is 0.414 bits per heavy atom. The largest absolute Gasteiger partial charge is 0.354 e. The highest BCUT2D eigenvalue weighted by molar-refractivity contribution is 7.26. The van der Waals surface area contributed by atoms with Crippen LogP contribution < -0.4 is 4.90 Å². The number of benzene rings is 10. The normalized spacial score (nSPS) is 12.1. The fourth-order valence-corrected chi connectivity index (χ4v) is 11.0. The second kappa shape index (κ2) is 12.1. The lowest BCUT2D eigenvalue weighted by Crippen LogP contribution is -2.09. The van der Waals surface area contributed by atoms with Gasteiger partial charge in [0.05, 0.1) is 11.0 Å². The minimum absolute atomic E-state index is 1.11. The highest BCUT2D eigenvalue weighted by Gasteiger charge is 2.22. The van der Waals surface area contributed by atoms with Crippen LogP contribution in [0.1, 0.15) is 0 Å². The number of aromatic nitrogens is 2. The van der Waals surface area contributed by atoms with E-state index in [1.54, 1.807) is 0 Å². The molecule has 0 amide bonds. The van der Waals surface area contributed by atoms with Gasteiger partial charge in [-0.2, -0.15) is 0 Å². The number of aromatic amines is 1. The van der Waals surface area contributed by atoms with Gasteiger partial charge in [0.25, 0.3) is 0 Å². The first-order chi connectivity index (χ1) is 28.8. The van der Waals surface area contributed by atoms with Gasteiger partial charge in [-0.05, 0) is 100 Å². The lowest BCUT2D eigenvalue weighted by molar-refractivity contribution is 1.18. The molecule has 0 saturated heterocycles. The van der Waals surface area contributed by atoms with Gasteiger partial charge in [-0.1, -0.05) is 121 Å². The Morgan fingerprint density at radius 3 is 1.97 bits per heavy atom. The van der Waals surface area contributed by atoms with Gasteiger partial charge < -0.3 is 14.5 Å². The number of nitrogens with one attached hydrogen (secondary N) is 1. The molecular formula is C54H33N3S. The van der Waals surface area contributed by atoms with Crippen LogP contribution in [0.2, 0.25) is 0 Å². The van der Waals surface area contributed by atoms with E-state index in [0.717, 1.165) is 22.7 Å². The SMILES string of the molecule is c1ccc(-c2cc3c4sc5cc(N(c6ccccc6)c6ccc7c8c9ccccc9ccc8n(-c8ccccc8)c7c6)ccc5c4cc4[nH]c5cccc2c5c43)cc1. The van der Waals surface area contributed by atoms with Gasteiger partial charge in [-0.15, -0.1) is 11.3 Å². The molecule has 3 aromatic heterocycles. The molecule has 1 N–H and O–H groups in total. The molecule has 0 aliphatic carbocycles. The van der Waals surface area contributed by atoms with Crippen molar-refractivity contribution in [1.29, 1.82) is 0 Å². The van der Waals surface area contributed by atoms with E-state index in [-0.39, 0.29) is 0 Å². The molecule has 0 fully saturated rings. The summed E-state index contributed by atoms with van der Waals surface area (Å²) in [5, 5.41) is 12.9. The Hall–Kier alpha value is -7.40. The van der Waals surface area contributed by atoms with E-state index in [1.165, 1.54) is 96.5 Å². The molecule has 0 spiro atoms. The van der Waals surface area contributed by atoms with Gasteiger partial charge in [0, 0.05) is 80.9 Å². The Morgan fingerprint density at radius 2 is 1.12 bits per heavy atom. The van der Waals surface area contributed by atoms with Crippen LogP contribution in [0.3, 0.4) is 0 Å². The van der Waals surface area contributed by atoms with Crippen molar-refractivity contribution < 1.29 is 0 Å². The quantitative estimate of drug-likeness (QED) is 0.174. The Bertz CT molecular complexity index is 3730. The van der Waals surface area contributed by atoms with Gasteiger partial charge >= 0.3 is 0 Å². The van der Waals surface area contributed by atoms with Gasteiger partial charge in [-0.3, -0.25) is 0 Å². The van der Waals surface area contributed by atoms with Crippen molar-refractivity contribution in [3.8, 4) is 16.8 Å². The first-order valence-corrected chi connectivity index (χ1v) is 20.7. The summed E-state index contributed by atoms with van der Waals surface area (Å²) in [5.74, 6) is 0. The van der Waals surface area contributed by atoms with Crippen LogP contribution in [-0.4, -0.2) is 9.55 Å². The zero-order chi connectivity index (χ0) is 37.9. The molecule has 0 bridgehead atoms. The highest BCUT2D eigenvalue weighted by atomic mass is 32.1. The molecule has 0 aliphatic heterocycles. The molecule has 270 valence electrons. The van der Waals surface area contributed by atoms with E-state index >= 15 is 0 Å². The summed E-state index contributed by atoms with van der Waals surface area (Å²) in [4.78, 5) is 6.21. The van der Waals surface area contributed by atoms with Crippen LogP contribution in [0.25, 0.3) is 102 Å². The van der Waals surface area contributed by atoms with Gasteiger partial charge in [0.2, 0.25) is 0 Å². The van der Waals surface area contributed by atoms with Crippen LogP contribution >= 0.6 is 11.3 Å². The number of anilines is 3. The summed E-state index contributed by atoms with van der Waals surface area (Å²) in [5.41, 5.74) is 11.8. The molecule has 4 heteroatoms. The van der Waals surface area contributed by atoms with E-state index in [0.29, 0.717) is 0 Å². The molecule has 0 aliphatic rings. The second-order valence-electron chi connectivity index (χ2n) is 15.4. The van der Waals surface area contributed by atoms with Crippen molar-refractivity contribution in [3.05, 3.63) is 194 Å². The maximum absolute atomic E-state index is 3.80. The summed E-state index contributed by atoms with van der Waals surface area (Å²) in [7, 11) is 0. The van der Waals surface area contributed by atoms with Crippen molar-refractivity contribution in [2.75, 3.05) is 4.90 Å². The Labute approximate surface area is 337 Å². The van der Waals surface area contributed by atoms with Crippen LogP contribution in [0.4, 0.5) is 17.1 Å². The van der Waals surface area contributed by atoms with Gasteiger partial charge in [-0.25, -0.2) is 0 Å². The zero-order valence-corrected chi connectivity index (χ0v) is 32.1. The molecule has 0 radical (unpaired) electrons. The predicted octanol–water partition coefficient (Wildman–Crippen LogP) is 15.7. The molecule has 0 saturated carbocycles. The van der Waals surface area contributed by atoms with Crippen molar-refractivity contribution in [2.45, 2.75) is 0 Å². The molecule has 58 heavy (non-hydrogen) atoms. The summed E-state index contributed by atoms with van der Waals surface area (Å²) in [6.07, 6.45) is 0. The predicted molar refractivity (Wildman–Crippen MR) is 249 cm³/mol. The third kappa shape index (κ3) is 4.49. The third-order valence-corrected chi connectivity index (χ3v) is 13.4. The van der Waals surface area contributed by atoms with Crippen molar-refractivity contribution in [3.63, 3.8) is 0 Å². The monoisotopic (exact) mass is 755 g/mol. The summed E-state index contributed by atoms with van der Waals surface area (Å²) in [6.45, 7) is 0. The maximum atomic E-state index is 3.80. The summed E-state index contributed by atoms with van der Waals surface area (Å²) in [6, 6.07) is 71.2. The summed E-state index contributed by atoms with van der Waals surface area (Å²) >= 11 is 1.91. The maximum Gasteiger partial charge on any atom is 0.0562 e. The molecule has 10 aromatic carbocycles. The highest BCUT2D eigenvalue weighted by Crippen LogP contribution is 2.49. The standard InChI is InChI=1S/C54H33N3S/c1-4-13-33(14-5-1)43-31-45-53-47(55-46-22-12-21-41(43)52(46)53)32-44-40-26-24-38(30-50(40)58-54(44)45)56(35-16-6-2-7-17-35)37-25-27-42-49(29-37)57(36-18-8-3-9-19-36)48-28-23-34-15-10-11-20-39(34)51(42)48/h1-32,55H. The number of rotatable bonds is 5. The smallest absolute Gasteiger partial charge is 0.0562 e. The molecule has 0 unspecified atom stereocenters. The second-order valence-corrected chi connectivity index (χ2v) is 16.4. The molecular weight excluding hydrogens is 723 g/mol. The van der Waals surface area contributed by atoms with Crippen LogP contribution in [-0.2, 0) is 0 Å². The van der Waals surface area contributed by atoms with Crippen LogP contribution in [0.15, 0.2) is 194 Å². The van der Waals surface area contributed by atoms with E-state index in [4.69, 9.17) is 0 Å². The van der Waals surface area contributed by atoms with Gasteiger partial charge in [0.1, 0.15) is 0 Å². The van der Waals surface area contributed by atoms with Crippen molar-refractivity contribution >= 4 is 114 Å². The fraction of sp³-hybridized carbons (Fsp3) is 0. The minimum atomic E-state index is 1.11. The number of para-hydroxylation sites is 2. The fourth-order valence-electron chi connectivity index (χ4n) is 9.74. The number of hydrogen-bond donors (Lipinski definition) is 1. The van der Waals surface area contributed by atoms with Crippen LogP contribution in [0, 0.1) is 0 Å². The first-order valence-electron chi connectivity index (χ1n) is 19.8. The average molecular weight is 756 g/mol. The number of thiophene rings is 1. The number of fused-ring (bicyclic) bond motifs is 9. The van der Waals surface area contributed by atoms with Crippen molar-refractivity contribution in [2.24, 2.45) is 0 Å². The topological polar surface area (TPSA) is 24.0 Å². The van der Waals surface area contributed by atoms with E-state index in [1.807, 2.05) is 11.3 Å². The Balaban J connectivity index is 1.05. The Kier molecular flexibility index (Phi) is 6.60. The molecule has 3 nitrogen and oxygen atoms in total. The van der Waals surface area contributed by atoms with E-state index in [2.05, 4.69) is 209 Å². The van der Waals surface area contributed by atoms with Crippen LogP contribution in [0.5, 0.6) is 0 Å². The lowest BCUT2D eigenvalue weighted by Gasteiger charge is -2.26. The average Bonchev–Trinajstić information content (AvgIpc) is 3.96. The number of H-pyrrole nitrogens is 1. The third-order valence-electron chi connectivity index (χ3n) is 12.2. The molecule has 13 rings (SSSR count). The summed E-state index contributed by atoms with van der Waals surface area (Å²) < 4.78 is 5.03.